The van der Waals surface area contributed by atoms with Gasteiger partial charge in [0.05, 0.1) is 5.39 Å². The van der Waals surface area contributed by atoms with Crippen LogP contribution >= 0.6 is 0 Å². The summed E-state index contributed by atoms with van der Waals surface area (Å²) in [4.78, 5) is 15.0. The first kappa shape index (κ1) is 11.4. The van der Waals surface area contributed by atoms with Crippen LogP contribution in [0, 0.1) is 17.5 Å². The van der Waals surface area contributed by atoms with E-state index in [2.05, 4.69) is 14.7 Å². The average molecular weight is 244 g/mol. The quantitative estimate of drug-likeness (QED) is 0.821. The second-order valence-electron chi connectivity index (χ2n) is 3.22. The molecule has 0 saturated carbocycles. The lowest BCUT2D eigenvalue weighted by atomic mass is 10.2. The highest BCUT2D eigenvalue weighted by atomic mass is 19.2. The highest BCUT2D eigenvalue weighted by Crippen LogP contribution is 2.20. The van der Waals surface area contributed by atoms with Gasteiger partial charge in [0.15, 0.2) is 17.5 Å². The van der Waals surface area contributed by atoms with Crippen LogP contribution in [0.25, 0.3) is 10.9 Å². The van der Waals surface area contributed by atoms with Gasteiger partial charge >= 0.3 is 5.63 Å². The zero-order chi connectivity index (χ0) is 12.6. The van der Waals surface area contributed by atoms with Crippen LogP contribution in [0.5, 0.6) is 0 Å². The van der Waals surface area contributed by atoms with Crippen molar-refractivity contribution < 1.29 is 17.6 Å². The monoisotopic (exact) mass is 244 g/mol. The van der Waals surface area contributed by atoms with Crippen molar-refractivity contribution in [2.75, 3.05) is 11.9 Å². The van der Waals surface area contributed by atoms with Gasteiger partial charge in [-0.3, -0.25) is 0 Å². The smallest absolute Gasteiger partial charge is 0.348 e. The van der Waals surface area contributed by atoms with E-state index in [9.17, 15) is 18.0 Å². The molecule has 0 saturated heterocycles. The molecule has 0 aliphatic heterocycles. The fourth-order valence-corrected chi connectivity index (χ4v) is 1.34. The number of benzene rings is 1. The van der Waals surface area contributed by atoms with Gasteiger partial charge in [-0.1, -0.05) is 0 Å². The summed E-state index contributed by atoms with van der Waals surface area (Å²) in [5, 5.41) is 2.10. The molecular formula is C10H7F3N2O2. The normalized spacial score (nSPS) is 10.8. The SMILES string of the molecule is CCNc1nc2c(F)c(F)c(F)cc2c(=O)o1. The lowest BCUT2D eigenvalue weighted by Gasteiger charge is -2.03. The second-order valence-corrected chi connectivity index (χ2v) is 3.22. The molecule has 0 aliphatic rings. The van der Waals surface area contributed by atoms with E-state index in [-0.39, 0.29) is 6.01 Å². The third kappa shape index (κ3) is 1.83. The summed E-state index contributed by atoms with van der Waals surface area (Å²) in [5.41, 5.74) is -1.54. The summed E-state index contributed by atoms with van der Waals surface area (Å²) in [6.07, 6.45) is 0. The molecule has 2 aromatic rings. The van der Waals surface area contributed by atoms with Gasteiger partial charge in [-0.05, 0) is 13.0 Å². The Bertz CT molecular complexity index is 639. The molecule has 0 spiro atoms. The minimum Gasteiger partial charge on any atom is -0.389 e. The summed E-state index contributed by atoms with van der Waals surface area (Å²) >= 11 is 0. The summed E-state index contributed by atoms with van der Waals surface area (Å²) in [6, 6.07) is 0.317. The van der Waals surface area contributed by atoms with Gasteiger partial charge in [0.2, 0.25) is 0 Å². The van der Waals surface area contributed by atoms with E-state index in [4.69, 9.17) is 0 Å². The standard InChI is InChI=1S/C10H7F3N2O2/c1-2-14-10-15-8-4(9(16)17-10)3-5(11)6(12)7(8)13/h3H,2H2,1H3,(H,14,15). The fraction of sp³-hybridized carbons (Fsp3) is 0.200. The molecule has 1 aromatic carbocycles. The van der Waals surface area contributed by atoms with Crippen molar-refractivity contribution in [2.45, 2.75) is 6.92 Å². The maximum absolute atomic E-state index is 13.4. The van der Waals surface area contributed by atoms with Crippen molar-refractivity contribution in [3.63, 3.8) is 0 Å². The Balaban J connectivity index is 2.83. The van der Waals surface area contributed by atoms with Crippen molar-refractivity contribution in [2.24, 2.45) is 0 Å². The van der Waals surface area contributed by atoms with Gasteiger partial charge in [0.1, 0.15) is 5.52 Å². The molecule has 0 bridgehead atoms. The zero-order valence-corrected chi connectivity index (χ0v) is 8.68. The van der Waals surface area contributed by atoms with Crippen molar-refractivity contribution in [3.05, 3.63) is 33.9 Å². The molecule has 0 unspecified atom stereocenters. The molecule has 7 heteroatoms. The van der Waals surface area contributed by atoms with Crippen molar-refractivity contribution in [3.8, 4) is 0 Å². The van der Waals surface area contributed by atoms with E-state index < -0.39 is 34.0 Å². The number of nitrogens with one attached hydrogen (secondary N) is 1. The Morgan fingerprint density at radius 2 is 2.06 bits per heavy atom. The Morgan fingerprint density at radius 3 is 2.71 bits per heavy atom. The van der Waals surface area contributed by atoms with E-state index in [1.54, 1.807) is 6.92 Å². The number of fused-ring (bicyclic) bond motifs is 1. The highest BCUT2D eigenvalue weighted by molar-refractivity contribution is 5.78. The molecule has 90 valence electrons. The van der Waals surface area contributed by atoms with Crippen molar-refractivity contribution >= 4 is 16.9 Å². The zero-order valence-electron chi connectivity index (χ0n) is 8.68. The molecule has 0 radical (unpaired) electrons. The van der Waals surface area contributed by atoms with Gasteiger partial charge in [0, 0.05) is 6.54 Å². The van der Waals surface area contributed by atoms with Gasteiger partial charge in [-0.15, -0.1) is 0 Å². The first-order valence-corrected chi connectivity index (χ1v) is 4.76. The Labute approximate surface area is 93.1 Å². The average Bonchev–Trinajstić information content (AvgIpc) is 2.29. The van der Waals surface area contributed by atoms with Crippen LogP contribution in [0.3, 0.4) is 0 Å². The number of rotatable bonds is 2. The largest absolute Gasteiger partial charge is 0.389 e. The second kappa shape index (κ2) is 4.08. The minimum atomic E-state index is -1.67. The molecule has 1 N–H and O–H groups in total. The molecule has 0 atom stereocenters. The van der Waals surface area contributed by atoms with Gasteiger partial charge in [-0.2, -0.15) is 4.98 Å². The predicted molar refractivity (Wildman–Crippen MR) is 54.3 cm³/mol. The number of anilines is 1. The molecule has 17 heavy (non-hydrogen) atoms. The molecule has 2 rings (SSSR count). The number of hydrogen-bond donors (Lipinski definition) is 1. The molecule has 1 heterocycles. The Hall–Kier alpha value is -2.05. The third-order valence-corrected chi connectivity index (χ3v) is 2.09. The molecule has 0 amide bonds. The number of nitrogens with zero attached hydrogens (tertiary/aromatic N) is 1. The summed E-state index contributed by atoms with van der Waals surface area (Å²) in [5.74, 6) is -4.63. The number of halogens is 3. The van der Waals surface area contributed by atoms with Gasteiger partial charge in [0.25, 0.3) is 6.01 Å². The molecule has 0 aliphatic carbocycles. The predicted octanol–water partition coefficient (Wildman–Crippen LogP) is 2.04. The van der Waals surface area contributed by atoms with E-state index in [0.717, 1.165) is 0 Å². The Kier molecular flexibility index (Phi) is 2.74. The third-order valence-electron chi connectivity index (χ3n) is 2.09. The van der Waals surface area contributed by atoms with Crippen LogP contribution in [0.4, 0.5) is 19.2 Å². The minimum absolute atomic E-state index is 0.241. The van der Waals surface area contributed by atoms with E-state index >= 15 is 0 Å². The van der Waals surface area contributed by atoms with E-state index in [0.29, 0.717) is 12.6 Å². The molecular weight excluding hydrogens is 237 g/mol. The molecule has 0 fully saturated rings. The number of aromatic nitrogens is 1. The van der Waals surface area contributed by atoms with Crippen LogP contribution < -0.4 is 10.9 Å². The Morgan fingerprint density at radius 1 is 1.35 bits per heavy atom. The summed E-state index contributed by atoms with van der Waals surface area (Å²) in [6.45, 7) is 2.08. The molecule has 1 aromatic heterocycles. The lowest BCUT2D eigenvalue weighted by molar-refractivity contribution is 0.449. The van der Waals surface area contributed by atoms with E-state index in [1.165, 1.54) is 0 Å². The first-order valence-electron chi connectivity index (χ1n) is 4.76. The van der Waals surface area contributed by atoms with E-state index in [1.807, 2.05) is 0 Å². The van der Waals surface area contributed by atoms with Gasteiger partial charge < -0.3 is 9.73 Å². The van der Waals surface area contributed by atoms with Crippen LogP contribution in [-0.4, -0.2) is 11.5 Å². The highest BCUT2D eigenvalue weighted by Gasteiger charge is 2.18. The summed E-state index contributed by atoms with van der Waals surface area (Å²) < 4.78 is 43.9. The first-order chi connectivity index (χ1) is 8.04. The van der Waals surface area contributed by atoms with Crippen LogP contribution in [0.15, 0.2) is 15.3 Å². The van der Waals surface area contributed by atoms with Crippen LogP contribution in [0.1, 0.15) is 6.92 Å². The lowest BCUT2D eigenvalue weighted by Crippen LogP contribution is -2.09. The maximum Gasteiger partial charge on any atom is 0.348 e. The number of hydrogen-bond acceptors (Lipinski definition) is 4. The summed E-state index contributed by atoms with van der Waals surface area (Å²) in [7, 11) is 0. The molecule has 4 nitrogen and oxygen atoms in total. The van der Waals surface area contributed by atoms with Crippen molar-refractivity contribution in [1.29, 1.82) is 0 Å². The van der Waals surface area contributed by atoms with Crippen LogP contribution in [-0.2, 0) is 0 Å². The topological polar surface area (TPSA) is 55.1 Å². The van der Waals surface area contributed by atoms with Crippen LogP contribution in [0.2, 0.25) is 0 Å². The van der Waals surface area contributed by atoms with Crippen molar-refractivity contribution in [1.82, 2.24) is 4.98 Å². The van der Waals surface area contributed by atoms with Gasteiger partial charge in [-0.25, -0.2) is 18.0 Å². The maximum atomic E-state index is 13.4. The fourth-order valence-electron chi connectivity index (χ4n) is 1.34.